The van der Waals surface area contributed by atoms with E-state index in [1.807, 2.05) is 24.4 Å². The maximum absolute atomic E-state index is 8.75. The zero-order chi connectivity index (χ0) is 16.4. The Morgan fingerprint density at radius 3 is 2.92 bits per heavy atom. The molecule has 0 aromatic carbocycles. The first-order chi connectivity index (χ1) is 11.1. The number of fused-ring (bicyclic) bond motifs is 1. The van der Waals surface area contributed by atoms with Crippen molar-refractivity contribution in [3.63, 3.8) is 0 Å². The third kappa shape index (κ3) is 3.70. The number of nitrogens with zero attached hydrogens (tertiary/aromatic N) is 3. The van der Waals surface area contributed by atoms with Crippen LogP contribution in [0.1, 0.15) is 34.7 Å². The van der Waals surface area contributed by atoms with Gasteiger partial charge in [-0.15, -0.1) is 28.8 Å². The molecule has 1 aliphatic carbocycles. The summed E-state index contributed by atoms with van der Waals surface area (Å²) >= 11 is 7.82. The Hall–Kier alpha value is -1.67. The number of aromatic nitrogens is 1. The molecule has 0 radical (unpaired) electrons. The molecule has 9 heteroatoms. The van der Waals surface area contributed by atoms with Gasteiger partial charge in [-0.3, -0.25) is 10.2 Å². The van der Waals surface area contributed by atoms with Crippen LogP contribution >= 0.6 is 35.3 Å². The molecule has 0 amide bonds. The van der Waals surface area contributed by atoms with Crippen molar-refractivity contribution in [3.8, 4) is 0 Å². The molecule has 1 aliphatic rings. The maximum Gasteiger partial charge on any atom is 0.237 e. The van der Waals surface area contributed by atoms with Crippen LogP contribution in [0.25, 0.3) is 0 Å². The van der Waals surface area contributed by atoms with Crippen molar-refractivity contribution >= 4 is 47.0 Å². The van der Waals surface area contributed by atoms with E-state index in [0.717, 1.165) is 38.9 Å². The number of hydrogen-bond acceptors (Lipinski definition) is 5. The normalized spacial score (nSPS) is 18.9. The third-order valence-corrected chi connectivity index (χ3v) is 5.09. The molecule has 4 N–H and O–H groups in total. The molecule has 6 nitrogen and oxygen atoms in total. The average molecular weight is 386 g/mol. The molecule has 128 valence electrons. The van der Waals surface area contributed by atoms with E-state index in [4.69, 9.17) is 22.5 Å². The molecule has 0 saturated carbocycles. The van der Waals surface area contributed by atoms with Crippen LogP contribution in [0.4, 0.5) is 0 Å². The van der Waals surface area contributed by atoms with Crippen molar-refractivity contribution in [3.05, 3.63) is 50.4 Å². The van der Waals surface area contributed by atoms with Gasteiger partial charge in [0.1, 0.15) is 0 Å². The molecule has 0 spiro atoms. The van der Waals surface area contributed by atoms with Gasteiger partial charge < -0.3 is 5.73 Å². The molecule has 2 heterocycles. The molecule has 3 rings (SSSR count). The Morgan fingerprint density at radius 2 is 2.25 bits per heavy atom. The first-order valence-corrected chi connectivity index (χ1v) is 8.33. The van der Waals surface area contributed by atoms with E-state index in [9.17, 15) is 0 Å². The van der Waals surface area contributed by atoms with E-state index >= 15 is 0 Å². The molecule has 2 aromatic heterocycles. The second kappa shape index (κ2) is 7.94. The Kier molecular flexibility index (Phi) is 6.17. The first-order valence-electron chi connectivity index (χ1n) is 7.08. The molecular weight excluding hydrogens is 369 g/mol. The van der Waals surface area contributed by atoms with Gasteiger partial charge in [0, 0.05) is 11.8 Å². The number of hydroxylamine groups is 1. The number of nitrogens with two attached hydrogens (primary N) is 1. The third-order valence-electron chi connectivity index (χ3n) is 3.88. The lowest BCUT2D eigenvalue weighted by Crippen LogP contribution is -2.28. The minimum Gasteiger partial charge on any atom is -0.367 e. The van der Waals surface area contributed by atoms with Gasteiger partial charge in [-0.2, -0.15) is 5.10 Å². The second-order valence-corrected chi connectivity index (χ2v) is 6.87. The summed E-state index contributed by atoms with van der Waals surface area (Å²) in [7, 11) is 0. The van der Waals surface area contributed by atoms with E-state index < -0.39 is 0 Å². The largest absolute Gasteiger partial charge is 0.367 e. The van der Waals surface area contributed by atoms with Gasteiger partial charge in [0.05, 0.1) is 15.7 Å². The van der Waals surface area contributed by atoms with Crippen molar-refractivity contribution in [2.24, 2.45) is 15.9 Å². The van der Waals surface area contributed by atoms with Crippen LogP contribution in [0.5, 0.6) is 0 Å². The number of nitrogens with one attached hydrogen (secondary N) is 1. The Balaban J connectivity index is 0.00000208. The molecule has 2 aromatic rings. The average Bonchev–Trinajstić information content (AvgIpc) is 2.98. The maximum atomic E-state index is 8.75. The number of rotatable bonds is 2. The predicted octanol–water partition coefficient (Wildman–Crippen LogP) is 3.25. The molecule has 0 saturated heterocycles. The van der Waals surface area contributed by atoms with E-state index in [1.165, 1.54) is 11.3 Å². The second-order valence-electron chi connectivity index (χ2n) is 5.35. The van der Waals surface area contributed by atoms with Crippen molar-refractivity contribution in [2.45, 2.75) is 25.7 Å². The number of halogens is 2. The number of hydrogen-bond donors (Lipinski definition) is 3. The van der Waals surface area contributed by atoms with Gasteiger partial charge in [-0.05, 0) is 54.3 Å². The number of pyridine rings is 1. The summed E-state index contributed by atoms with van der Waals surface area (Å²) in [6, 6.07) is 3.99. The van der Waals surface area contributed by atoms with E-state index in [-0.39, 0.29) is 24.3 Å². The van der Waals surface area contributed by atoms with Gasteiger partial charge in [0.2, 0.25) is 5.96 Å². The summed E-state index contributed by atoms with van der Waals surface area (Å²) in [5, 5.41) is 18.8. The summed E-state index contributed by atoms with van der Waals surface area (Å²) in [5.74, 6) is 0.0455. The van der Waals surface area contributed by atoms with Crippen molar-refractivity contribution in [2.75, 3.05) is 0 Å². The van der Waals surface area contributed by atoms with Gasteiger partial charge in [0.25, 0.3) is 0 Å². The van der Waals surface area contributed by atoms with Crippen molar-refractivity contribution < 1.29 is 5.21 Å². The SMILES string of the molecule is Cc1ccnc2c1/C(=N\N=C(N)NO)CC(c1ccsc1Cl)C2.Cl. The highest BCUT2D eigenvalue weighted by atomic mass is 35.5. The standard InChI is InChI=1S/C15H16ClN5OS.ClH/c1-8-2-4-18-11-6-9(10-3-5-23-14(10)16)7-12(13(8)11)19-20-15(17)21-22;/h2-5,9,22H,6-7H2,1H3,(H3,17,20,21);1H/b19-12-;. The van der Waals surface area contributed by atoms with Crippen LogP contribution in [0.2, 0.25) is 4.34 Å². The topological polar surface area (TPSA) is 95.9 Å². The Labute approximate surface area is 154 Å². The highest BCUT2D eigenvalue weighted by Crippen LogP contribution is 2.38. The lowest BCUT2D eigenvalue weighted by atomic mass is 9.81. The van der Waals surface area contributed by atoms with Gasteiger partial charge in [0.15, 0.2) is 0 Å². The Morgan fingerprint density at radius 1 is 1.46 bits per heavy atom. The van der Waals surface area contributed by atoms with Gasteiger partial charge in [-0.25, -0.2) is 5.48 Å². The van der Waals surface area contributed by atoms with Crippen molar-refractivity contribution in [1.82, 2.24) is 10.5 Å². The lowest BCUT2D eigenvalue weighted by molar-refractivity contribution is 0.232. The molecular formula is C15H17Cl2N5OS. The van der Waals surface area contributed by atoms with Crippen molar-refractivity contribution in [1.29, 1.82) is 0 Å². The van der Waals surface area contributed by atoms with E-state index in [2.05, 4.69) is 15.2 Å². The van der Waals surface area contributed by atoms with Crippen LogP contribution in [-0.2, 0) is 6.42 Å². The van der Waals surface area contributed by atoms with Gasteiger partial charge in [-0.1, -0.05) is 11.6 Å². The molecule has 1 atom stereocenters. The summed E-state index contributed by atoms with van der Waals surface area (Å²) in [6.45, 7) is 2.02. The highest BCUT2D eigenvalue weighted by molar-refractivity contribution is 7.14. The Bertz CT molecular complexity index is 790. The van der Waals surface area contributed by atoms with Crippen LogP contribution < -0.4 is 11.2 Å². The fourth-order valence-electron chi connectivity index (χ4n) is 2.85. The summed E-state index contributed by atoms with van der Waals surface area (Å²) in [6.07, 6.45) is 3.30. The molecule has 0 fully saturated rings. The van der Waals surface area contributed by atoms with Crippen LogP contribution in [0.3, 0.4) is 0 Å². The molecule has 0 aliphatic heterocycles. The quantitative estimate of drug-likeness (QED) is 0.419. The molecule has 1 unspecified atom stereocenters. The van der Waals surface area contributed by atoms with Crippen LogP contribution in [0.15, 0.2) is 33.9 Å². The monoisotopic (exact) mass is 385 g/mol. The minimum atomic E-state index is -0.156. The molecule has 0 bridgehead atoms. The first kappa shape index (κ1) is 18.7. The summed E-state index contributed by atoms with van der Waals surface area (Å²) < 4.78 is 0.797. The highest BCUT2D eigenvalue weighted by Gasteiger charge is 2.28. The fourth-order valence-corrected chi connectivity index (χ4v) is 3.93. The number of aryl methyl sites for hydroxylation is 1. The van der Waals surface area contributed by atoms with Crippen LogP contribution in [0, 0.1) is 6.92 Å². The predicted molar refractivity (Wildman–Crippen MR) is 99.7 cm³/mol. The van der Waals surface area contributed by atoms with Crippen LogP contribution in [-0.4, -0.2) is 21.9 Å². The number of thiophene rings is 1. The summed E-state index contributed by atoms with van der Waals surface area (Å²) in [5.41, 5.74) is 12.2. The zero-order valence-corrected chi connectivity index (χ0v) is 15.3. The minimum absolute atomic E-state index is 0. The van der Waals surface area contributed by atoms with Gasteiger partial charge >= 0.3 is 0 Å². The zero-order valence-electron chi connectivity index (χ0n) is 12.9. The number of guanidine groups is 1. The lowest BCUT2D eigenvalue weighted by Gasteiger charge is -2.25. The summed E-state index contributed by atoms with van der Waals surface area (Å²) in [4.78, 5) is 4.50. The van der Waals surface area contributed by atoms with E-state index in [1.54, 1.807) is 11.7 Å². The molecule has 24 heavy (non-hydrogen) atoms. The fraction of sp³-hybridized carbons (Fsp3) is 0.267. The smallest absolute Gasteiger partial charge is 0.237 e. The van der Waals surface area contributed by atoms with E-state index in [0.29, 0.717) is 6.42 Å².